The van der Waals surface area contributed by atoms with E-state index in [0.29, 0.717) is 11.9 Å². The lowest BCUT2D eigenvalue weighted by Gasteiger charge is -2.11. The van der Waals surface area contributed by atoms with Gasteiger partial charge in [-0.25, -0.2) is 9.37 Å². The monoisotopic (exact) mass is 386 g/mol. The van der Waals surface area contributed by atoms with E-state index in [4.69, 9.17) is 4.42 Å². The number of aromatic amines is 1. The van der Waals surface area contributed by atoms with Crippen molar-refractivity contribution in [1.82, 2.24) is 9.97 Å². The molecule has 0 saturated heterocycles. The van der Waals surface area contributed by atoms with E-state index in [0.717, 1.165) is 29.1 Å². The molecule has 3 nitrogen and oxygen atoms in total. The Bertz CT molecular complexity index is 1130. The number of alkyl halides is 3. The Labute approximate surface area is 157 Å². The molecule has 0 atom stereocenters. The molecule has 0 bridgehead atoms. The number of nitrogens with one attached hydrogen (secondary N) is 1. The van der Waals surface area contributed by atoms with Crippen LogP contribution in [0.25, 0.3) is 34.2 Å². The van der Waals surface area contributed by atoms with Crippen molar-refractivity contribution >= 4 is 0 Å². The molecular weight excluding hydrogens is 372 g/mol. The summed E-state index contributed by atoms with van der Waals surface area (Å²) in [6.07, 6.45) is -4.63. The van der Waals surface area contributed by atoms with Gasteiger partial charge >= 0.3 is 6.18 Å². The standard InChI is InChI=1S/C21H14F4N2O/c1-12-19(13-5-3-2-4-6-13)27-20(26-12)18-10-9-17(28-18)15-11-14(22)7-8-16(15)21(23,24)25/h2-11H,1H3,(H,26,27). The zero-order valence-electron chi connectivity index (χ0n) is 14.6. The first kappa shape index (κ1) is 18.0. The molecule has 4 rings (SSSR count). The summed E-state index contributed by atoms with van der Waals surface area (Å²) < 4.78 is 58.9. The van der Waals surface area contributed by atoms with Crippen LogP contribution in [0.4, 0.5) is 17.6 Å². The van der Waals surface area contributed by atoms with Gasteiger partial charge in [0.05, 0.1) is 11.3 Å². The van der Waals surface area contributed by atoms with E-state index in [2.05, 4.69) is 9.97 Å². The fourth-order valence-electron chi connectivity index (χ4n) is 3.03. The van der Waals surface area contributed by atoms with Gasteiger partial charge < -0.3 is 9.40 Å². The third kappa shape index (κ3) is 3.31. The summed E-state index contributed by atoms with van der Waals surface area (Å²) in [6.45, 7) is 1.84. The third-order valence-electron chi connectivity index (χ3n) is 4.32. The van der Waals surface area contributed by atoms with Crippen molar-refractivity contribution in [3.63, 3.8) is 0 Å². The Morgan fingerprint density at radius 1 is 0.929 bits per heavy atom. The number of H-pyrrole nitrogens is 1. The number of imidazole rings is 1. The molecule has 0 saturated carbocycles. The predicted molar refractivity (Wildman–Crippen MR) is 96.9 cm³/mol. The molecule has 2 aromatic carbocycles. The molecule has 0 fully saturated rings. The number of furan rings is 1. The van der Waals surface area contributed by atoms with E-state index >= 15 is 0 Å². The Morgan fingerprint density at radius 2 is 1.64 bits per heavy atom. The lowest BCUT2D eigenvalue weighted by atomic mass is 10.0. The van der Waals surface area contributed by atoms with Crippen molar-refractivity contribution in [1.29, 1.82) is 0 Å². The number of nitrogens with zero attached hydrogens (tertiary/aromatic N) is 1. The molecule has 0 unspecified atom stereocenters. The van der Waals surface area contributed by atoms with Gasteiger partial charge in [0.15, 0.2) is 11.6 Å². The number of halogens is 4. The van der Waals surface area contributed by atoms with Crippen LogP contribution in [-0.4, -0.2) is 9.97 Å². The van der Waals surface area contributed by atoms with E-state index in [-0.39, 0.29) is 17.1 Å². The second-order valence-corrected chi connectivity index (χ2v) is 6.28. The quantitative estimate of drug-likeness (QED) is 0.410. The van der Waals surface area contributed by atoms with Crippen molar-refractivity contribution in [3.05, 3.63) is 77.7 Å². The molecule has 0 radical (unpaired) electrons. The molecule has 142 valence electrons. The topological polar surface area (TPSA) is 41.8 Å². The van der Waals surface area contributed by atoms with E-state index in [1.807, 2.05) is 37.3 Å². The van der Waals surface area contributed by atoms with Crippen LogP contribution in [0.15, 0.2) is 65.1 Å². The van der Waals surface area contributed by atoms with Crippen molar-refractivity contribution < 1.29 is 22.0 Å². The van der Waals surface area contributed by atoms with E-state index in [1.54, 1.807) is 0 Å². The van der Waals surface area contributed by atoms with Gasteiger partial charge in [-0.05, 0) is 37.3 Å². The molecule has 0 aliphatic heterocycles. The highest BCUT2D eigenvalue weighted by molar-refractivity contribution is 5.69. The molecule has 4 aromatic rings. The summed E-state index contributed by atoms with van der Waals surface area (Å²) in [7, 11) is 0. The van der Waals surface area contributed by atoms with Gasteiger partial charge in [-0.3, -0.25) is 0 Å². The van der Waals surface area contributed by atoms with Crippen molar-refractivity contribution in [3.8, 4) is 34.2 Å². The van der Waals surface area contributed by atoms with E-state index < -0.39 is 17.6 Å². The average Bonchev–Trinajstić information content (AvgIpc) is 3.28. The average molecular weight is 386 g/mol. The second-order valence-electron chi connectivity index (χ2n) is 6.28. The lowest BCUT2D eigenvalue weighted by molar-refractivity contribution is -0.137. The molecule has 1 N–H and O–H groups in total. The van der Waals surface area contributed by atoms with Gasteiger partial charge in [0.25, 0.3) is 0 Å². The lowest BCUT2D eigenvalue weighted by Crippen LogP contribution is -2.07. The normalized spacial score (nSPS) is 11.8. The molecule has 0 amide bonds. The minimum Gasteiger partial charge on any atom is -0.453 e. The van der Waals surface area contributed by atoms with Gasteiger partial charge in [-0.15, -0.1) is 0 Å². The minimum absolute atomic E-state index is 0.0860. The number of benzene rings is 2. The number of hydrogen-bond acceptors (Lipinski definition) is 2. The molecule has 7 heteroatoms. The van der Waals surface area contributed by atoms with Crippen molar-refractivity contribution in [2.24, 2.45) is 0 Å². The molecule has 0 aliphatic carbocycles. The zero-order valence-corrected chi connectivity index (χ0v) is 14.6. The number of hydrogen-bond donors (Lipinski definition) is 1. The summed E-state index contributed by atoms with van der Waals surface area (Å²) in [6, 6.07) is 14.7. The first-order valence-corrected chi connectivity index (χ1v) is 8.42. The SMILES string of the molecule is Cc1[nH]c(-c2ccc(-c3cc(F)ccc3C(F)(F)F)o2)nc1-c1ccccc1. The maximum atomic E-state index is 13.6. The maximum Gasteiger partial charge on any atom is 0.417 e. The molecule has 0 aliphatic rings. The highest BCUT2D eigenvalue weighted by Crippen LogP contribution is 2.39. The summed E-state index contributed by atoms with van der Waals surface area (Å²) >= 11 is 0. The van der Waals surface area contributed by atoms with Crippen LogP contribution in [0, 0.1) is 12.7 Å². The van der Waals surface area contributed by atoms with Crippen LogP contribution < -0.4 is 0 Å². The smallest absolute Gasteiger partial charge is 0.417 e. The highest BCUT2D eigenvalue weighted by Gasteiger charge is 2.34. The van der Waals surface area contributed by atoms with Crippen LogP contribution in [-0.2, 0) is 6.18 Å². The van der Waals surface area contributed by atoms with Crippen LogP contribution in [0.2, 0.25) is 0 Å². The molecule has 0 spiro atoms. The first-order chi connectivity index (χ1) is 13.3. The number of rotatable bonds is 3. The van der Waals surface area contributed by atoms with Gasteiger partial charge in [0.2, 0.25) is 0 Å². The summed E-state index contributed by atoms with van der Waals surface area (Å²) in [5.41, 5.74) is 1.09. The molecule has 2 heterocycles. The number of aryl methyl sites for hydroxylation is 1. The largest absolute Gasteiger partial charge is 0.453 e. The Kier molecular flexibility index (Phi) is 4.30. The highest BCUT2D eigenvalue weighted by atomic mass is 19.4. The molecule has 28 heavy (non-hydrogen) atoms. The Balaban J connectivity index is 1.75. The van der Waals surface area contributed by atoms with Crippen LogP contribution >= 0.6 is 0 Å². The summed E-state index contributed by atoms with van der Waals surface area (Å²) in [5.74, 6) is -0.219. The number of aromatic nitrogens is 2. The van der Waals surface area contributed by atoms with Gasteiger partial charge in [-0.2, -0.15) is 13.2 Å². The zero-order chi connectivity index (χ0) is 19.9. The fraction of sp³-hybridized carbons (Fsp3) is 0.0952. The third-order valence-corrected chi connectivity index (χ3v) is 4.32. The predicted octanol–water partition coefficient (Wildman–Crippen LogP) is 6.47. The van der Waals surface area contributed by atoms with Gasteiger partial charge in [0, 0.05) is 16.8 Å². The van der Waals surface area contributed by atoms with E-state index in [1.165, 1.54) is 12.1 Å². The Morgan fingerprint density at radius 3 is 2.36 bits per heavy atom. The van der Waals surface area contributed by atoms with Crippen LogP contribution in [0.5, 0.6) is 0 Å². The van der Waals surface area contributed by atoms with Crippen LogP contribution in [0.1, 0.15) is 11.3 Å². The second kappa shape index (κ2) is 6.67. The fourth-order valence-corrected chi connectivity index (χ4v) is 3.03. The maximum absolute atomic E-state index is 13.6. The molecular formula is C21H14F4N2O. The van der Waals surface area contributed by atoms with Gasteiger partial charge in [0.1, 0.15) is 11.6 Å². The van der Waals surface area contributed by atoms with E-state index in [9.17, 15) is 17.6 Å². The minimum atomic E-state index is -4.63. The Hall–Kier alpha value is -3.35. The van der Waals surface area contributed by atoms with Crippen molar-refractivity contribution in [2.75, 3.05) is 0 Å². The first-order valence-electron chi connectivity index (χ1n) is 8.42. The van der Waals surface area contributed by atoms with Crippen LogP contribution in [0.3, 0.4) is 0 Å². The van der Waals surface area contributed by atoms with Gasteiger partial charge in [-0.1, -0.05) is 30.3 Å². The molecule has 2 aromatic heterocycles. The summed E-state index contributed by atoms with van der Waals surface area (Å²) in [4.78, 5) is 7.58. The summed E-state index contributed by atoms with van der Waals surface area (Å²) in [5, 5.41) is 0. The van der Waals surface area contributed by atoms with Crippen molar-refractivity contribution in [2.45, 2.75) is 13.1 Å².